The number of carbonyl (C=O) groups excluding carboxylic acids is 1. The first-order chi connectivity index (χ1) is 13.5. The Morgan fingerprint density at radius 3 is 2.71 bits per heavy atom. The topological polar surface area (TPSA) is 83.9 Å². The van der Waals surface area contributed by atoms with E-state index >= 15 is 0 Å². The van der Waals surface area contributed by atoms with Gasteiger partial charge in [0.15, 0.2) is 0 Å². The van der Waals surface area contributed by atoms with Gasteiger partial charge < -0.3 is 9.88 Å². The number of nitrogens with zero attached hydrogens (tertiary/aromatic N) is 4. The number of piperidine rings is 1. The van der Waals surface area contributed by atoms with E-state index in [1.165, 1.54) is 0 Å². The molecular formula is C21H25N5O2. The van der Waals surface area contributed by atoms with E-state index in [2.05, 4.69) is 15.0 Å². The number of aromatic nitrogens is 4. The van der Waals surface area contributed by atoms with Crippen molar-refractivity contribution < 1.29 is 4.79 Å². The highest BCUT2D eigenvalue weighted by Crippen LogP contribution is 2.21. The lowest BCUT2D eigenvalue weighted by molar-refractivity contribution is 0.0682. The van der Waals surface area contributed by atoms with Gasteiger partial charge in [0.1, 0.15) is 0 Å². The van der Waals surface area contributed by atoms with Crippen LogP contribution in [0.1, 0.15) is 48.7 Å². The second-order valence-corrected chi connectivity index (χ2v) is 7.83. The monoisotopic (exact) mass is 379 g/mol. The smallest absolute Gasteiger partial charge is 0.253 e. The number of hydrogen-bond acceptors (Lipinski definition) is 4. The highest BCUT2D eigenvalue weighted by atomic mass is 16.2. The lowest BCUT2D eigenvalue weighted by Crippen LogP contribution is -2.40. The molecule has 1 saturated heterocycles. The maximum Gasteiger partial charge on any atom is 0.253 e. The van der Waals surface area contributed by atoms with E-state index in [-0.39, 0.29) is 17.4 Å². The van der Waals surface area contributed by atoms with Crippen LogP contribution < -0.4 is 5.56 Å². The van der Waals surface area contributed by atoms with Crippen molar-refractivity contribution in [2.45, 2.75) is 39.2 Å². The summed E-state index contributed by atoms with van der Waals surface area (Å²) in [7, 11) is 0. The van der Waals surface area contributed by atoms with Crippen molar-refractivity contribution in [1.29, 1.82) is 0 Å². The van der Waals surface area contributed by atoms with Gasteiger partial charge in [-0.05, 0) is 42.9 Å². The molecule has 1 fully saturated rings. The van der Waals surface area contributed by atoms with E-state index in [0.29, 0.717) is 31.1 Å². The molecule has 1 N–H and O–H groups in total. The standard InChI is InChI=1S/C21H25N5O2/c1-14(2)18-10-20(27)26(13-24-18)11-15-5-7-25(8-6-15)21(28)16-3-4-17-19(9-16)23-12-22-17/h3-4,9-10,12-15H,5-8,11H2,1-2H3,(H,22,23). The molecule has 1 aliphatic rings. The minimum atomic E-state index is 0.00469. The van der Waals surface area contributed by atoms with E-state index in [1.54, 1.807) is 23.3 Å². The predicted octanol–water partition coefficient (Wildman–Crippen LogP) is 2.80. The molecule has 7 nitrogen and oxygen atoms in total. The largest absolute Gasteiger partial charge is 0.345 e. The highest BCUT2D eigenvalue weighted by Gasteiger charge is 2.24. The molecule has 0 spiro atoms. The normalized spacial score (nSPS) is 15.5. The summed E-state index contributed by atoms with van der Waals surface area (Å²) in [5.41, 5.74) is 3.25. The van der Waals surface area contributed by atoms with Crippen molar-refractivity contribution in [1.82, 2.24) is 24.4 Å². The van der Waals surface area contributed by atoms with Crippen molar-refractivity contribution in [2.75, 3.05) is 13.1 Å². The molecule has 28 heavy (non-hydrogen) atoms. The van der Waals surface area contributed by atoms with Gasteiger partial charge in [-0.2, -0.15) is 0 Å². The van der Waals surface area contributed by atoms with Gasteiger partial charge in [-0.1, -0.05) is 13.8 Å². The van der Waals surface area contributed by atoms with Crippen LogP contribution in [0.3, 0.4) is 0 Å². The zero-order chi connectivity index (χ0) is 19.7. The van der Waals surface area contributed by atoms with Gasteiger partial charge in [-0.3, -0.25) is 14.2 Å². The first-order valence-corrected chi connectivity index (χ1v) is 9.80. The van der Waals surface area contributed by atoms with Gasteiger partial charge in [0.25, 0.3) is 11.5 Å². The van der Waals surface area contributed by atoms with Crippen LogP contribution in [0.25, 0.3) is 11.0 Å². The van der Waals surface area contributed by atoms with Crippen LogP contribution in [0.2, 0.25) is 0 Å². The van der Waals surface area contributed by atoms with Crippen molar-refractivity contribution >= 4 is 16.9 Å². The van der Waals surface area contributed by atoms with Gasteiger partial charge in [0.05, 0.1) is 29.4 Å². The molecule has 2 aromatic heterocycles. The molecule has 0 unspecified atom stereocenters. The Bertz CT molecular complexity index is 1040. The number of aromatic amines is 1. The van der Waals surface area contributed by atoms with E-state index in [9.17, 15) is 9.59 Å². The van der Waals surface area contributed by atoms with E-state index in [0.717, 1.165) is 29.6 Å². The first kappa shape index (κ1) is 18.4. The van der Waals surface area contributed by atoms with Crippen LogP contribution in [0.15, 0.2) is 41.7 Å². The van der Waals surface area contributed by atoms with Crippen LogP contribution >= 0.6 is 0 Å². The molecule has 3 aromatic rings. The number of amides is 1. The summed E-state index contributed by atoms with van der Waals surface area (Å²) in [6.07, 6.45) is 5.07. The number of hydrogen-bond donors (Lipinski definition) is 1. The molecule has 4 rings (SSSR count). The molecular weight excluding hydrogens is 354 g/mol. The van der Waals surface area contributed by atoms with Gasteiger partial charge >= 0.3 is 0 Å². The quantitative estimate of drug-likeness (QED) is 0.755. The summed E-state index contributed by atoms with van der Waals surface area (Å²) in [6.45, 7) is 6.13. The Balaban J connectivity index is 1.38. The zero-order valence-electron chi connectivity index (χ0n) is 16.3. The lowest BCUT2D eigenvalue weighted by atomic mass is 9.96. The van der Waals surface area contributed by atoms with Crippen molar-refractivity contribution in [3.8, 4) is 0 Å². The van der Waals surface area contributed by atoms with Crippen molar-refractivity contribution in [3.05, 3.63) is 58.5 Å². The summed E-state index contributed by atoms with van der Waals surface area (Å²) in [4.78, 5) is 38.7. The predicted molar refractivity (Wildman–Crippen MR) is 107 cm³/mol. The summed E-state index contributed by atoms with van der Waals surface area (Å²) in [5, 5.41) is 0. The van der Waals surface area contributed by atoms with Crippen molar-refractivity contribution in [3.63, 3.8) is 0 Å². The van der Waals surface area contributed by atoms with Crippen LogP contribution in [-0.2, 0) is 6.54 Å². The summed E-state index contributed by atoms with van der Waals surface area (Å²) in [6, 6.07) is 7.19. The number of fused-ring (bicyclic) bond motifs is 1. The minimum absolute atomic E-state index is 0.00469. The van der Waals surface area contributed by atoms with E-state index < -0.39 is 0 Å². The van der Waals surface area contributed by atoms with Crippen LogP contribution in [0.5, 0.6) is 0 Å². The Morgan fingerprint density at radius 2 is 2.00 bits per heavy atom. The molecule has 0 radical (unpaired) electrons. The summed E-state index contributed by atoms with van der Waals surface area (Å²) < 4.78 is 1.69. The molecule has 0 aliphatic carbocycles. The average molecular weight is 379 g/mol. The second kappa shape index (κ2) is 7.58. The van der Waals surface area contributed by atoms with Gasteiger partial charge in [-0.15, -0.1) is 0 Å². The first-order valence-electron chi connectivity index (χ1n) is 9.80. The number of H-pyrrole nitrogens is 1. The Kier molecular flexibility index (Phi) is 4.98. The third kappa shape index (κ3) is 3.69. The van der Waals surface area contributed by atoms with Gasteiger partial charge in [0.2, 0.25) is 0 Å². The number of carbonyl (C=O) groups is 1. The van der Waals surface area contributed by atoms with E-state index in [4.69, 9.17) is 0 Å². The Hall–Kier alpha value is -2.96. The number of rotatable bonds is 4. The molecule has 0 bridgehead atoms. The Morgan fingerprint density at radius 1 is 1.21 bits per heavy atom. The molecule has 3 heterocycles. The number of benzene rings is 1. The molecule has 1 amide bonds. The molecule has 7 heteroatoms. The van der Waals surface area contributed by atoms with Gasteiger partial charge in [-0.25, -0.2) is 9.97 Å². The zero-order valence-corrected chi connectivity index (χ0v) is 16.3. The molecule has 1 aliphatic heterocycles. The molecule has 146 valence electrons. The SMILES string of the molecule is CC(C)c1cc(=O)n(CC2CCN(C(=O)c3ccc4nc[nH]c4c3)CC2)cn1. The van der Waals surface area contributed by atoms with E-state index in [1.807, 2.05) is 36.9 Å². The molecule has 0 saturated carbocycles. The van der Waals surface area contributed by atoms with Gasteiger partial charge in [0, 0.05) is 31.3 Å². The molecule has 1 aromatic carbocycles. The highest BCUT2D eigenvalue weighted by molar-refractivity contribution is 5.97. The maximum atomic E-state index is 12.8. The average Bonchev–Trinajstić information content (AvgIpc) is 3.17. The minimum Gasteiger partial charge on any atom is -0.345 e. The van der Waals surface area contributed by atoms with Crippen LogP contribution in [-0.4, -0.2) is 43.4 Å². The number of imidazole rings is 1. The maximum absolute atomic E-state index is 12.8. The third-order valence-corrected chi connectivity index (χ3v) is 5.52. The van der Waals surface area contributed by atoms with Crippen LogP contribution in [0.4, 0.5) is 0 Å². The number of likely N-dealkylation sites (tertiary alicyclic amines) is 1. The lowest BCUT2D eigenvalue weighted by Gasteiger charge is -2.32. The number of nitrogens with one attached hydrogen (secondary N) is 1. The summed E-state index contributed by atoms with van der Waals surface area (Å²) >= 11 is 0. The fraction of sp³-hybridized carbons (Fsp3) is 0.429. The van der Waals surface area contributed by atoms with Crippen LogP contribution in [0, 0.1) is 5.92 Å². The summed E-state index contributed by atoms with van der Waals surface area (Å²) in [5.74, 6) is 0.677. The second-order valence-electron chi connectivity index (χ2n) is 7.83. The fourth-order valence-corrected chi connectivity index (χ4v) is 3.74. The van der Waals surface area contributed by atoms with Crippen molar-refractivity contribution in [2.24, 2.45) is 5.92 Å². The fourth-order valence-electron chi connectivity index (χ4n) is 3.74. The Labute approximate surface area is 163 Å². The third-order valence-electron chi connectivity index (χ3n) is 5.52. The molecule has 0 atom stereocenters.